The molecule has 1 aromatic rings. The van der Waals surface area contributed by atoms with Crippen LogP contribution >= 0.6 is 0 Å². The Hall–Kier alpha value is -1.15. The van der Waals surface area contributed by atoms with Crippen molar-refractivity contribution >= 4 is 10.1 Å². The van der Waals surface area contributed by atoms with Crippen LogP contribution < -0.4 is 10.6 Å². The van der Waals surface area contributed by atoms with E-state index < -0.39 is 10.1 Å². The summed E-state index contributed by atoms with van der Waals surface area (Å²) in [6, 6.07) is 2.66. The molecule has 0 spiro atoms. The van der Waals surface area contributed by atoms with Crippen molar-refractivity contribution in [1.82, 2.24) is 10.6 Å². The summed E-state index contributed by atoms with van der Waals surface area (Å²) in [7, 11) is -4.22. The van der Waals surface area contributed by atoms with Crippen molar-refractivity contribution in [2.75, 3.05) is 26.2 Å². The second-order valence-corrected chi connectivity index (χ2v) is 6.70. The first kappa shape index (κ1) is 17.9. The summed E-state index contributed by atoms with van der Waals surface area (Å²) in [5, 5.41) is 16.0. The van der Waals surface area contributed by atoms with Crippen LogP contribution in [0.25, 0.3) is 0 Å². The minimum absolute atomic E-state index is 0.00824. The monoisotopic (exact) mass is 316 g/mol. The summed E-state index contributed by atoms with van der Waals surface area (Å²) in [6.07, 6.45) is 0. The molecule has 0 unspecified atom stereocenters. The van der Waals surface area contributed by atoms with E-state index in [0.29, 0.717) is 11.1 Å². The third-order valence-electron chi connectivity index (χ3n) is 3.18. The molecule has 0 radical (unpaired) electrons. The molecular formula is C14H24N2O4S. The Labute approximate surface area is 126 Å². The maximum Gasteiger partial charge on any atom is 0.294 e. The first-order valence-corrected chi connectivity index (χ1v) is 8.40. The van der Waals surface area contributed by atoms with E-state index in [2.05, 4.69) is 10.6 Å². The molecule has 0 saturated carbocycles. The molecule has 1 aliphatic rings. The predicted octanol–water partition coefficient (Wildman–Crippen LogP) is 1.25. The lowest BCUT2D eigenvalue weighted by Crippen LogP contribution is -2.39. The number of nitrogens with one attached hydrogen (secondary N) is 2. The maximum absolute atomic E-state index is 11.0. The largest absolute Gasteiger partial charge is 0.508 e. The third kappa shape index (κ3) is 5.62. The van der Waals surface area contributed by atoms with Gasteiger partial charge >= 0.3 is 0 Å². The average Bonchev–Trinajstić information content (AvgIpc) is 2.39. The van der Waals surface area contributed by atoms with Crippen LogP contribution in [0.2, 0.25) is 0 Å². The Balaban J connectivity index is 0.000000304. The normalized spacial score (nSPS) is 15.5. The molecule has 4 N–H and O–H groups in total. The Morgan fingerprint density at radius 3 is 1.90 bits per heavy atom. The van der Waals surface area contributed by atoms with E-state index in [4.69, 9.17) is 4.55 Å². The van der Waals surface area contributed by atoms with E-state index in [-0.39, 0.29) is 16.6 Å². The molecule has 1 aliphatic heterocycles. The smallest absolute Gasteiger partial charge is 0.294 e. The minimum Gasteiger partial charge on any atom is -0.508 e. The van der Waals surface area contributed by atoms with E-state index in [0.717, 1.165) is 26.2 Å². The predicted molar refractivity (Wildman–Crippen MR) is 82.5 cm³/mol. The molecule has 1 aromatic carbocycles. The molecule has 0 amide bonds. The molecule has 120 valence electrons. The van der Waals surface area contributed by atoms with Crippen LogP contribution in [0.4, 0.5) is 0 Å². The van der Waals surface area contributed by atoms with Crippen LogP contribution in [0.3, 0.4) is 0 Å². The zero-order valence-electron chi connectivity index (χ0n) is 12.7. The third-order valence-corrected chi connectivity index (χ3v) is 4.18. The van der Waals surface area contributed by atoms with Gasteiger partial charge in [-0.1, -0.05) is 13.8 Å². The van der Waals surface area contributed by atoms with Gasteiger partial charge in [-0.3, -0.25) is 4.55 Å². The van der Waals surface area contributed by atoms with Gasteiger partial charge in [0.1, 0.15) is 5.75 Å². The molecule has 2 rings (SSSR count). The summed E-state index contributed by atoms with van der Waals surface area (Å²) >= 11 is 0. The number of hydrogen-bond acceptors (Lipinski definition) is 5. The van der Waals surface area contributed by atoms with Gasteiger partial charge in [-0.05, 0) is 36.1 Å². The zero-order valence-corrected chi connectivity index (χ0v) is 13.5. The number of piperazine rings is 1. The van der Waals surface area contributed by atoms with Crippen LogP contribution in [-0.2, 0) is 10.1 Å². The summed E-state index contributed by atoms with van der Waals surface area (Å²) in [5.41, 5.74) is 0.840. The highest BCUT2D eigenvalue weighted by Crippen LogP contribution is 2.30. The molecule has 0 bridgehead atoms. The molecular weight excluding hydrogens is 292 g/mol. The second-order valence-electron chi connectivity index (χ2n) is 5.31. The lowest BCUT2D eigenvalue weighted by molar-refractivity contribution is 0.461. The topological polar surface area (TPSA) is 98.7 Å². The molecule has 1 saturated heterocycles. The van der Waals surface area contributed by atoms with Crippen molar-refractivity contribution in [3.63, 3.8) is 0 Å². The summed E-state index contributed by atoms with van der Waals surface area (Å²) in [4.78, 5) is -0.149. The molecule has 0 atom stereocenters. The van der Waals surface area contributed by atoms with Crippen LogP contribution in [0, 0.1) is 6.92 Å². The Kier molecular flexibility index (Phi) is 6.60. The van der Waals surface area contributed by atoms with Gasteiger partial charge in [-0.15, -0.1) is 0 Å². The highest BCUT2D eigenvalue weighted by Gasteiger charge is 2.17. The lowest BCUT2D eigenvalue weighted by atomic mass is 10.0. The van der Waals surface area contributed by atoms with Gasteiger partial charge in [0, 0.05) is 26.2 Å². The number of rotatable bonds is 2. The van der Waals surface area contributed by atoms with E-state index in [1.807, 2.05) is 13.8 Å². The molecule has 21 heavy (non-hydrogen) atoms. The second kappa shape index (κ2) is 7.74. The van der Waals surface area contributed by atoms with Gasteiger partial charge in [0.2, 0.25) is 0 Å². The van der Waals surface area contributed by atoms with Gasteiger partial charge in [0.05, 0.1) is 4.90 Å². The van der Waals surface area contributed by atoms with Crippen molar-refractivity contribution in [3.8, 4) is 5.75 Å². The quantitative estimate of drug-likeness (QED) is 0.613. The van der Waals surface area contributed by atoms with Crippen LogP contribution in [-0.4, -0.2) is 44.3 Å². The highest BCUT2D eigenvalue weighted by molar-refractivity contribution is 7.85. The molecule has 0 aromatic heterocycles. The summed E-state index contributed by atoms with van der Waals surface area (Å²) in [5.74, 6) is 0.0426. The fourth-order valence-corrected chi connectivity index (χ4v) is 2.77. The first-order chi connectivity index (χ1) is 9.73. The van der Waals surface area contributed by atoms with Crippen LogP contribution in [0.15, 0.2) is 17.0 Å². The van der Waals surface area contributed by atoms with E-state index in [1.165, 1.54) is 19.1 Å². The van der Waals surface area contributed by atoms with E-state index in [1.54, 1.807) is 0 Å². The number of aromatic hydroxyl groups is 1. The van der Waals surface area contributed by atoms with Crippen molar-refractivity contribution in [1.29, 1.82) is 0 Å². The lowest BCUT2D eigenvalue weighted by Gasteiger charge is -2.11. The first-order valence-electron chi connectivity index (χ1n) is 6.96. The van der Waals surface area contributed by atoms with Gasteiger partial charge < -0.3 is 15.7 Å². The fourth-order valence-electron chi connectivity index (χ4n) is 2.03. The van der Waals surface area contributed by atoms with Crippen molar-refractivity contribution < 1.29 is 18.1 Å². The number of aryl methyl sites for hydroxylation is 1. The Bertz CT molecular complexity index is 555. The van der Waals surface area contributed by atoms with Gasteiger partial charge in [-0.2, -0.15) is 8.42 Å². The van der Waals surface area contributed by atoms with Crippen LogP contribution in [0.5, 0.6) is 5.75 Å². The fraction of sp³-hybridized carbons (Fsp3) is 0.571. The van der Waals surface area contributed by atoms with Crippen LogP contribution in [0.1, 0.15) is 30.9 Å². The summed E-state index contributed by atoms with van der Waals surface area (Å²) < 4.78 is 31.0. The standard InChI is InChI=1S/C10H14O4S.C4H10N2/c1-6(2)8-5-10(15(12,13)14)7(3)4-9(8)11;1-2-6-4-3-5-1/h4-6,11H,1-3H3,(H,12,13,14);5-6H,1-4H2. The SMILES string of the molecule is C1CNCCN1.Cc1cc(O)c(C(C)C)cc1S(=O)(=O)O. The Morgan fingerprint density at radius 1 is 1.10 bits per heavy atom. The van der Waals surface area contributed by atoms with Crippen molar-refractivity contribution in [2.45, 2.75) is 31.6 Å². The highest BCUT2D eigenvalue weighted by atomic mass is 32.2. The number of phenolic OH excluding ortho intramolecular Hbond substituents is 1. The van der Waals surface area contributed by atoms with E-state index in [9.17, 15) is 13.5 Å². The van der Waals surface area contributed by atoms with E-state index >= 15 is 0 Å². The minimum atomic E-state index is -4.22. The van der Waals surface area contributed by atoms with Gasteiger partial charge in [0.15, 0.2) is 0 Å². The Morgan fingerprint density at radius 2 is 1.57 bits per heavy atom. The van der Waals surface area contributed by atoms with Crippen molar-refractivity contribution in [2.24, 2.45) is 0 Å². The molecule has 1 heterocycles. The maximum atomic E-state index is 11.0. The average molecular weight is 316 g/mol. The summed E-state index contributed by atoms with van der Waals surface area (Å²) in [6.45, 7) is 9.74. The number of benzene rings is 1. The zero-order chi connectivity index (χ0) is 16.0. The van der Waals surface area contributed by atoms with Crippen molar-refractivity contribution in [3.05, 3.63) is 23.3 Å². The molecule has 0 aliphatic carbocycles. The van der Waals surface area contributed by atoms with Gasteiger partial charge in [0.25, 0.3) is 10.1 Å². The number of phenols is 1. The molecule has 7 heteroatoms. The van der Waals surface area contributed by atoms with Gasteiger partial charge in [-0.25, -0.2) is 0 Å². The molecule has 1 fully saturated rings. The number of hydrogen-bond donors (Lipinski definition) is 4. The molecule has 6 nitrogen and oxygen atoms in total.